The lowest BCUT2D eigenvalue weighted by Gasteiger charge is -2.15. The van der Waals surface area contributed by atoms with Crippen molar-refractivity contribution in [3.05, 3.63) is 0 Å². The van der Waals surface area contributed by atoms with Crippen molar-refractivity contribution in [2.24, 2.45) is 0 Å². The van der Waals surface area contributed by atoms with E-state index in [4.69, 9.17) is 9.84 Å². The Morgan fingerprint density at radius 1 is 1.77 bits per heavy atom. The topological polar surface area (TPSA) is 61.8 Å². The standard InChI is InChI=1S/C8H16N2O3/c1-9-8(12)10-3-2-7(6-10)13-5-4-11/h7,11H,2-6H2,1H3,(H,9,12). The molecule has 1 aliphatic rings. The van der Waals surface area contributed by atoms with Gasteiger partial charge in [-0.1, -0.05) is 0 Å². The first-order valence-corrected chi connectivity index (χ1v) is 4.47. The molecule has 1 unspecified atom stereocenters. The normalized spacial score (nSPS) is 22.0. The number of aliphatic hydroxyl groups excluding tert-OH is 1. The zero-order chi connectivity index (χ0) is 9.68. The highest BCUT2D eigenvalue weighted by atomic mass is 16.5. The zero-order valence-electron chi connectivity index (χ0n) is 7.82. The first-order chi connectivity index (χ1) is 6.27. The van der Waals surface area contributed by atoms with Crippen molar-refractivity contribution in [1.29, 1.82) is 0 Å². The summed E-state index contributed by atoms with van der Waals surface area (Å²) in [6.45, 7) is 1.75. The Morgan fingerprint density at radius 3 is 3.15 bits per heavy atom. The molecule has 0 saturated carbocycles. The van der Waals surface area contributed by atoms with Crippen LogP contribution in [0.2, 0.25) is 0 Å². The van der Waals surface area contributed by atoms with Crippen LogP contribution in [0.3, 0.4) is 0 Å². The molecule has 1 atom stereocenters. The summed E-state index contributed by atoms with van der Waals surface area (Å²) in [7, 11) is 1.62. The summed E-state index contributed by atoms with van der Waals surface area (Å²) in [6, 6.07) is -0.0601. The van der Waals surface area contributed by atoms with Crippen LogP contribution in [0.15, 0.2) is 0 Å². The lowest BCUT2D eigenvalue weighted by Crippen LogP contribution is -2.37. The van der Waals surface area contributed by atoms with E-state index in [0.717, 1.165) is 13.0 Å². The van der Waals surface area contributed by atoms with Gasteiger partial charge in [-0.3, -0.25) is 0 Å². The molecule has 76 valence electrons. The van der Waals surface area contributed by atoms with Crippen molar-refractivity contribution in [2.45, 2.75) is 12.5 Å². The van der Waals surface area contributed by atoms with E-state index in [2.05, 4.69) is 5.32 Å². The molecule has 0 spiro atoms. The molecular formula is C8H16N2O3. The van der Waals surface area contributed by atoms with E-state index >= 15 is 0 Å². The molecule has 13 heavy (non-hydrogen) atoms. The number of likely N-dealkylation sites (tertiary alicyclic amines) is 1. The fourth-order valence-corrected chi connectivity index (χ4v) is 1.43. The number of aliphatic hydroxyl groups is 1. The predicted octanol–water partition coefficient (Wildman–Crippen LogP) is -0.591. The highest BCUT2D eigenvalue weighted by Gasteiger charge is 2.25. The Labute approximate surface area is 77.7 Å². The molecule has 1 saturated heterocycles. The number of amides is 2. The maximum Gasteiger partial charge on any atom is 0.317 e. The van der Waals surface area contributed by atoms with Crippen molar-refractivity contribution in [2.75, 3.05) is 33.4 Å². The number of hydrogen-bond acceptors (Lipinski definition) is 3. The van der Waals surface area contributed by atoms with Crippen molar-refractivity contribution in [1.82, 2.24) is 10.2 Å². The maximum absolute atomic E-state index is 11.1. The molecule has 0 radical (unpaired) electrons. The first kappa shape index (κ1) is 10.3. The van der Waals surface area contributed by atoms with Crippen molar-refractivity contribution >= 4 is 6.03 Å². The number of rotatable bonds is 3. The summed E-state index contributed by atoms with van der Waals surface area (Å²) in [5.74, 6) is 0. The lowest BCUT2D eigenvalue weighted by atomic mass is 10.3. The van der Waals surface area contributed by atoms with Crippen LogP contribution in [0.5, 0.6) is 0 Å². The van der Waals surface area contributed by atoms with Crippen LogP contribution in [0.4, 0.5) is 4.79 Å². The van der Waals surface area contributed by atoms with E-state index in [1.54, 1.807) is 11.9 Å². The van der Waals surface area contributed by atoms with E-state index in [-0.39, 0.29) is 18.7 Å². The van der Waals surface area contributed by atoms with Gasteiger partial charge in [-0.25, -0.2) is 4.79 Å². The average molecular weight is 188 g/mol. The highest BCUT2D eigenvalue weighted by molar-refractivity contribution is 5.74. The van der Waals surface area contributed by atoms with E-state index in [1.807, 2.05) is 0 Å². The molecule has 0 bridgehead atoms. The number of carbonyl (C=O) groups is 1. The van der Waals surface area contributed by atoms with Crippen molar-refractivity contribution < 1.29 is 14.6 Å². The van der Waals surface area contributed by atoms with Crippen LogP contribution in [-0.4, -0.2) is 55.5 Å². The van der Waals surface area contributed by atoms with Crippen LogP contribution in [0.1, 0.15) is 6.42 Å². The fraction of sp³-hybridized carbons (Fsp3) is 0.875. The maximum atomic E-state index is 11.1. The summed E-state index contributed by atoms with van der Waals surface area (Å²) < 4.78 is 5.31. The molecule has 5 heteroatoms. The highest BCUT2D eigenvalue weighted by Crippen LogP contribution is 2.11. The summed E-state index contributed by atoms with van der Waals surface area (Å²) >= 11 is 0. The molecule has 2 amide bonds. The fourth-order valence-electron chi connectivity index (χ4n) is 1.43. The summed E-state index contributed by atoms with van der Waals surface area (Å²) in [5.41, 5.74) is 0. The molecule has 0 aromatic carbocycles. The van der Waals surface area contributed by atoms with Crippen LogP contribution in [0.25, 0.3) is 0 Å². The number of urea groups is 1. The first-order valence-electron chi connectivity index (χ1n) is 4.47. The van der Waals surface area contributed by atoms with E-state index in [9.17, 15) is 4.79 Å². The minimum absolute atomic E-state index is 0.0382. The lowest BCUT2D eigenvalue weighted by molar-refractivity contribution is 0.0359. The van der Waals surface area contributed by atoms with Crippen LogP contribution in [0, 0.1) is 0 Å². The van der Waals surface area contributed by atoms with Crippen LogP contribution >= 0.6 is 0 Å². The minimum Gasteiger partial charge on any atom is -0.394 e. The SMILES string of the molecule is CNC(=O)N1CCC(OCCO)C1. The Morgan fingerprint density at radius 2 is 2.54 bits per heavy atom. The largest absolute Gasteiger partial charge is 0.394 e. The minimum atomic E-state index is -0.0601. The second-order valence-electron chi connectivity index (χ2n) is 3.01. The van der Waals surface area contributed by atoms with Gasteiger partial charge >= 0.3 is 6.03 Å². The number of nitrogens with one attached hydrogen (secondary N) is 1. The summed E-state index contributed by atoms with van der Waals surface area (Å²) in [6.07, 6.45) is 0.942. The van der Waals surface area contributed by atoms with Gasteiger partial charge in [-0.15, -0.1) is 0 Å². The number of carbonyl (C=O) groups excluding carboxylic acids is 1. The molecule has 1 aliphatic heterocycles. The second kappa shape index (κ2) is 5.04. The second-order valence-corrected chi connectivity index (χ2v) is 3.01. The smallest absolute Gasteiger partial charge is 0.317 e. The number of nitrogens with zero attached hydrogens (tertiary/aromatic N) is 1. The predicted molar refractivity (Wildman–Crippen MR) is 47.5 cm³/mol. The Hall–Kier alpha value is -0.810. The molecule has 1 heterocycles. The van der Waals surface area contributed by atoms with E-state index < -0.39 is 0 Å². The molecule has 0 aromatic rings. The number of hydrogen-bond donors (Lipinski definition) is 2. The van der Waals surface area contributed by atoms with Gasteiger partial charge in [0, 0.05) is 20.1 Å². The summed E-state index contributed by atoms with van der Waals surface area (Å²) in [5, 5.41) is 11.1. The molecule has 0 aromatic heterocycles. The van der Waals surface area contributed by atoms with Crippen molar-refractivity contribution in [3.63, 3.8) is 0 Å². The zero-order valence-corrected chi connectivity index (χ0v) is 7.82. The van der Waals surface area contributed by atoms with Crippen LogP contribution < -0.4 is 5.32 Å². The van der Waals surface area contributed by atoms with Gasteiger partial charge in [0.05, 0.1) is 19.3 Å². The van der Waals surface area contributed by atoms with Gasteiger partial charge in [0.2, 0.25) is 0 Å². The monoisotopic (exact) mass is 188 g/mol. The van der Waals surface area contributed by atoms with Crippen LogP contribution in [-0.2, 0) is 4.74 Å². The van der Waals surface area contributed by atoms with Gasteiger partial charge in [0.15, 0.2) is 0 Å². The quantitative estimate of drug-likeness (QED) is 0.622. The van der Waals surface area contributed by atoms with Gasteiger partial charge < -0.3 is 20.1 Å². The van der Waals surface area contributed by atoms with E-state index in [1.165, 1.54) is 0 Å². The Bertz CT molecular complexity index is 175. The third-order valence-corrected chi connectivity index (χ3v) is 2.09. The molecule has 1 rings (SSSR count). The molecule has 2 N–H and O–H groups in total. The van der Waals surface area contributed by atoms with E-state index in [0.29, 0.717) is 13.2 Å². The molecule has 1 fully saturated rings. The molecule has 0 aliphatic carbocycles. The van der Waals surface area contributed by atoms with Gasteiger partial charge in [-0.2, -0.15) is 0 Å². The third-order valence-electron chi connectivity index (χ3n) is 2.09. The van der Waals surface area contributed by atoms with Gasteiger partial charge in [-0.05, 0) is 6.42 Å². The summed E-state index contributed by atoms with van der Waals surface area (Å²) in [4.78, 5) is 12.9. The Balaban J connectivity index is 2.23. The van der Waals surface area contributed by atoms with Gasteiger partial charge in [0.1, 0.15) is 0 Å². The molecular weight excluding hydrogens is 172 g/mol. The average Bonchev–Trinajstić information content (AvgIpc) is 2.62. The third kappa shape index (κ3) is 2.86. The van der Waals surface area contributed by atoms with Crippen molar-refractivity contribution in [3.8, 4) is 0 Å². The number of ether oxygens (including phenoxy) is 1. The molecule has 5 nitrogen and oxygen atoms in total. The Kier molecular flexibility index (Phi) is 3.98. The van der Waals surface area contributed by atoms with Gasteiger partial charge in [0.25, 0.3) is 0 Å².